The molecule has 0 aliphatic carbocycles. The van der Waals surface area contributed by atoms with Crippen LogP contribution in [0.3, 0.4) is 0 Å². The van der Waals surface area contributed by atoms with Crippen molar-refractivity contribution < 1.29 is 0 Å². The van der Waals surface area contributed by atoms with Crippen molar-refractivity contribution in [3.05, 3.63) is 65.0 Å². The van der Waals surface area contributed by atoms with Crippen LogP contribution >= 0.6 is 12.6 Å². The van der Waals surface area contributed by atoms with E-state index in [1.54, 1.807) is 19.3 Å². The molecule has 1 aliphatic heterocycles. The van der Waals surface area contributed by atoms with Crippen LogP contribution in [0.15, 0.2) is 58.2 Å². The summed E-state index contributed by atoms with van der Waals surface area (Å²) >= 11 is 4.37. The molecule has 2 heterocycles. The van der Waals surface area contributed by atoms with Crippen LogP contribution in [0.5, 0.6) is 0 Å². The average molecular weight is 370 g/mol. The molecule has 2 aromatic rings. The number of aliphatic imine (C=N–C) groups is 1. The van der Waals surface area contributed by atoms with Gasteiger partial charge in [-0.1, -0.05) is 30.3 Å². The molecule has 0 atom stereocenters. The lowest BCUT2D eigenvalue weighted by molar-refractivity contribution is 1.08. The van der Waals surface area contributed by atoms with Crippen molar-refractivity contribution in [2.45, 2.75) is 5.03 Å². The summed E-state index contributed by atoms with van der Waals surface area (Å²) in [7, 11) is 1.73. The number of amidine groups is 1. The van der Waals surface area contributed by atoms with Gasteiger partial charge in [-0.3, -0.25) is 5.41 Å². The predicted molar refractivity (Wildman–Crippen MR) is 108 cm³/mol. The van der Waals surface area contributed by atoms with Crippen molar-refractivity contribution in [1.82, 2.24) is 10.3 Å². The molecule has 2 N–H and O–H groups in total. The molecule has 27 heavy (non-hydrogen) atoms. The minimum absolute atomic E-state index is 0.106. The molecule has 7 heteroatoms. The Bertz CT molecular complexity index is 1100. The molecule has 0 spiro atoms. The zero-order chi connectivity index (χ0) is 19.4. The Hall–Kier alpha value is -3.68. The van der Waals surface area contributed by atoms with E-state index in [2.05, 4.69) is 40.1 Å². The highest BCUT2D eigenvalue weighted by atomic mass is 32.1. The number of nitriles is 2. The van der Waals surface area contributed by atoms with Gasteiger partial charge in [-0.15, -0.1) is 12.6 Å². The van der Waals surface area contributed by atoms with Crippen LogP contribution in [0.25, 0.3) is 16.7 Å². The summed E-state index contributed by atoms with van der Waals surface area (Å²) in [6.45, 7) is 0. The van der Waals surface area contributed by atoms with Gasteiger partial charge >= 0.3 is 0 Å². The standard InChI is InChI=1S/C20H14N6S/c1-24-10-14-7-13(11-25-19(14)23)18-15(8-21)17(12-5-3-2-4-6-12)16(9-22)20(27)26-18/h2-7,10-11,23-24H,1H3,(H,26,27)/b14-10-,23-19?. The fourth-order valence-electron chi connectivity index (χ4n) is 2.77. The number of benzene rings is 1. The molecular weight excluding hydrogens is 356 g/mol. The van der Waals surface area contributed by atoms with Gasteiger partial charge in [0.1, 0.15) is 17.2 Å². The molecular formula is C20H14N6S. The first-order chi connectivity index (χ1) is 13.1. The average Bonchev–Trinajstić information content (AvgIpc) is 2.69. The summed E-state index contributed by atoms with van der Waals surface area (Å²) in [5.74, 6) is 0.106. The van der Waals surface area contributed by atoms with E-state index >= 15 is 0 Å². The first-order valence-electron chi connectivity index (χ1n) is 7.95. The molecule has 130 valence electrons. The maximum absolute atomic E-state index is 9.86. The summed E-state index contributed by atoms with van der Waals surface area (Å²) in [5.41, 5.74) is 3.25. The van der Waals surface area contributed by atoms with Gasteiger partial charge in [0.25, 0.3) is 0 Å². The van der Waals surface area contributed by atoms with E-state index in [0.29, 0.717) is 22.4 Å². The van der Waals surface area contributed by atoms with Crippen molar-refractivity contribution in [3.63, 3.8) is 0 Å². The minimum Gasteiger partial charge on any atom is -0.393 e. The minimum atomic E-state index is 0.106. The van der Waals surface area contributed by atoms with E-state index in [4.69, 9.17) is 5.41 Å². The zero-order valence-electron chi connectivity index (χ0n) is 14.4. The highest BCUT2D eigenvalue weighted by Crippen LogP contribution is 2.34. The zero-order valence-corrected chi connectivity index (χ0v) is 15.2. The van der Waals surface area contributed by atoms with Crippen molar-refractivity contribution in [2.24, 2.45) is 4.99 Å². The van der Waals surface area contributed by atoms with Crippen LogP contribution in [-0.4, -0.2) is 24.1 Å². The molecule has 0 fully saturated rings. The first kappa shape index (κ1) is 18.1. The second-order valence-electron chi connectivity index (χ2n) is 5.59. The van der Waals surface area contributed by atoms with E-state index in [1.165, 1.54) is 6.21 Å². The number of allylic oxidation sites excluding steroid dienone is 1. The van der Waals surface area contributed by atoms with Gasteiger partial charge in [-0.2, -0.15) is 10.5 Å². The number of aromatic nitrogens is 1. The van der Waals surface area contributed by atoms with Crippen LogP contribution < -0.4 is 5.32 Å². The monoisotopic (exact) mass is 370 g/mol. The van der Waals surface area contributed by atoms with E-state index in [9.17, 15) is 10.5 Å². The maximum atomic E-state index is 9.86. The van der Waals surface area contributed by atoms with Crippen molar-refractivity contribution in [3.8, 4) is 23.3 Å². The molecule has 1 aromatic heterocycles. The number of dihydropyridines is 1. The fourth-order valence-corrected chi connectivity index (χ4v) is 3.03. The number of hydrogen-bond donors (Lipinski definition) is 3. The van der Waals surface area contributed by atoms with Crippen LogP contribution in [-0.2, 0) is 0 Å². The molecule has 6 nitrogen and oxygen atoms in total. The van der Waals surface area contributed by atoms with Gasteiger partial charge in [0.2, 0.25) is 0 Å². The second-order valence-corrected chi connectivity index (χ2v) is 6.02. The molecule has 0 saturated carbocycles. The van der Waals surface area contributed by atoms with Crippen LogP contribution in [0, 0.1) is 28.1 Å². The number of thiol groups is 1. The lowest BCUT2D eigenvalue weighted by Gasteiger charge is -2.15. The molecule has 0 amide bonds. The smallest absolute Gasteiger partial charge is 0.153 e. The molecule has 1 aliphatic rings. The fraction of sp³-hybridized carbons (Fsp3) is 0.0500. The van der Waals surface area contributed by atoms with Crippen molar-refractivity contribution >= 4 is 30.3 Å². The van der Waals surface area contributed by atoms with E-state index in [1.807, 2.05) is 30.3 Å². The molecule has 0 bridgehead atoms. The Morgan fingerprint density at radius 3 is 2.48 bits per heavy atom. The Labute approximate surface area is 162 Å². The third-order valence-electron chi connectivity index (χ3n) is 3.95. The number of hydrogen-bond acceptors (Lipinski definition) is 6. The molecule has 1 aromatic carbocycles. The van der Waals surface area contributed by atoms with Crippen LogP contribution in [0.4, 0.5) is 0 Å². The SMILES string of the molecule is CN/C=C1/C=C(c2nc(S)c(C#N)c(-c3ccccc3)c2C#N)C=NC1=N. The summed E-state index contributed by atoms with van der Waals surface area (Å²) in [4.78, 5) is 8.47. The second kappa shape index (κ2) is 7.69. The Morgan fingerprint density at radius 1 is 1.15 bits per heavy atom. The number of rotatable bonds is 3. The van der Waals surface area contributed by atoms with Gasteiger partial charge in [0, 0.05) is 36.2 Å². The third kappa shape index (κ3) is 3.37. The quantitative estimate of drug-likeness (QED) is 0.720. The van der Waals surface area contributed by atoms with Crippen molar-refractivity contribution in [1.29, 1.82) is 15.9 Å². The third-order valence-corrected chi connectivity index (χ3v) is 4.28. The van der Waals surface area contributed by atoms with E-state index in [-0.39, 0.29) is 22.0 Å². The summed E-state index contributed by atoms with van der Waals surface area (Å²) in [6.07, 6.45) is 4.86. The van der Waals surface area contributed by atoms with Gasteiger partial charge < -0.3 is 5.32 Å². The normalized spacial score (nSPS) is 14.4. The largest absolute Gasteiger partial charge is 0.393 e. The summed E-state index contributed by atoms with van der Waals surface area (Å²) in [5, 5.41) is 30.4. The van der Waals surface area contributed by atoms with Crippen LogP contribution in [0.1, 0.15) is 16.8 Å². The highest BCUT2D eigenvalue weighted by Gasteiger charge is 2.23. The van der Waals surface area contributed by atoms with E-state index in [0.717, 1.165) is 5.56 Å². The highest BCUT2D eigenvalue weighted by molar-refractivity contribution is 7.80. The topological polar surface area (TPSA) is 109 Å². The molecule has 0 saturated heterocycles. The predicted octanol–water partition coefficient (Wildman–Crippen LogP) is 3.33. The lowest BCUT2D eigenvalue weighted by atomic mass is 9.92. The lowest BCUT2D eigenvalue weighted by Crippen LogP contribution is -2.10. The Morgan fingerprint density at radius 2 is 1.85 bits per heavy atom. The molecule has 0 unspecified atom stereocenters. The first-order valence-corrected chi connectivity index (χ1v) is 8.40. The van der Waals surface area contributed by atoms with Gasteiger partial charge in [-0.05, 0) is 11.6 Å². The van der Waals surface area contributed by atoms with Gasteiger partial charge in [-0.25, -0.2) is 9.98 Å². The summed E-state index contributed by atoms with van der Waals surface area (Å²) < 4.78 is 0. The molecule has 3 rings (SSSR count). The summed E-state index contributed by atoms with van der Waals surface area (Å²) in [6, 6.07) is 13.5. The Kier molecular flexibility index (Phi) is 5.16. The van der Waals surface area contributed by atoms with Gasteiger partial charge in [0.05, 0.1) is 16.8 Å². The maximum Gasteiger partial charge on any atom is 0.153 e. The molecule has 0 radical (unpaired) electrons. The van der Waals surface area contributed by atoms with E-state index < -0.39 is 0 Å². The van der Waals surface area contributed by atoms with Crippen LogP contribution in [0.2, 0.25) is 0 Å². The Balaban J connectivity index is 2.32. The van der Waals surface area contributed by atoms with Crippen molar-refractivity contribution in [2.75, 3.05) is 7.05 Å². The number of pyridine rings is 1. The number of nitrogens with zero attached hydrogens (tertiary/aromatic N) is 4. The number of nitrogens with one attached hydrogen (secondary N) is 2. The van der Waals surface area contributed by atoms with Gasteiger partial charge in [0.15, 0.2) is 5.84 Å².